The van der Waals surface area contributed by atoms with Crippen LogP contribution in [0.4, 0.5) is 5.88 Å². The molecule has 1 aliphatic heterocycles. The maximum Gasteiger partial charge on any atom is 0.433 e. The van der Waals surface area contributed by atoms with Gasteiger partial charge in [-0.05, 0) is 13.0 Å². The summed E-state index contributed by atoms with van der Waals surface area (Å²) in [5.41, 5.74) is 0. The van der Waals surface area contributed by atoms with E-state index in [4.69, 9.17) is 4.42 Å². The Kier molecular flexibility index (Phi) is 5.46. The molecule has 2 amide bonds. The molecule has 1 fully saturated rings. The third-order valence-electron chi connectivity index (χ3n) is 2.65. The summed E-state index contributed by atoms with van der Waals surface area (Å²) >= 11 is 1.09. The number of nitrogens with one attached hydrogen (secondary N) is 2. The fraction of sp³-hybridized carbons (Fsp3) is 0.333. The largest absolute Gasteiger partial charge is 0.433 e. The third kappa shape index (κ3) is 4.64. The molecule has 1 aliphatic rings. The Labute approximate surface area is 134 Å². The van der Waals surface area contributed by atoms with Crippen molar-refractivity contribution < 1.29 is 18.9 Å². The van der Waals surface area contributed by atoms with E-state index in [2.05, 4.69) is 20.8 Å². The van der Waals surface area contributed by atoms with Crippen molar-refractivity contribution in [2.24, 2.45) is 10.2 Å². The Morgan fingerprint density at radius 3 is 3.04 bits per heavy atom. The maximum absolute atomic E-state index is 11.7. The van der Waals surface area contributed by atoms with Crippen LogP contribution in [0.5, 0.6) is 0 Å². The van der Waals surface area contributed by atoms with Crippen molar-refractivity contribution in [3.63, 3.8) is 0 Å². The monoisotopic (exact) mass is 339 g/mol. The first-order chi connectivity index (χ1) is 11.0. The topological polar surface area (TPSA) is 139 Å². The highest BCUT2D eigenvalue weighted by atomic mass is 32.2. The second kappa shape index (κ2) is 7.54. The van der Waals surface area contributed by atoms with Crippen LogP contribution in [-0.4, -0.2) is 39.9 Å². The Morgan fingerprint density at radius 2 is 2.39 bits per heavy atom. The molecule has 1 aromatic heterocycles. The fourth-order valence-corrected chi connectivity index (χ4v) is 2.60. The SMILES string of the molecule is CCNC(=O)C[C@@H]1S/C(=N/N=C\c2ccc([N+](=O)[O-])o2)NC1=O. The zero-order valence-corrected chi connectivity index (χ0v) is 12.8. The number of hydrogen-bond donors (Lipinski definition) is 2. The van der Waals surface area contributed by atoms with Crippen molar-refractivity contribution in [2.75, 3.05) is 6.54 Å². The van der Waals surface area contributed by atoms with Crippen LogP contribution in [-0.2, 0) is 9.59 Å². The summed E-state index contributed by atoms with van der Waals surface area (Å²) < 4.78 is 4.87. The van der Waals surface area contributed by atoms with E-state index in [0.29, 0.717) is 6.54 Å². The molecular weight excluding hydrogens is 326 g/mol. The molecule has 2 rings (SSSR count). The van der Waals surface area contributed by atoms with Gasteiger partial charge in [-0.25, -0.2) is 0 Å². The van der Waals surface area contributed by atoms with E-state index < -0.39 is 16.1 Å². The number of carbonyl (C=O) groups is 2. The number of nitro groups is 1. The van der Waals surface area contributed by atoms with Crippen LogP contribution in [0.3, 0.4) is 0 Å². The Morgan fingerprint density at radius 1 is 1.61 bits per heavy atom. The second-order valence-electron chi connectivity index (χ2n) is 4.34. The molecule has 1 atom stereocenters. The van der Waals surface area contributed by atoms with Crippen LogP contribution in [0.1, 0.15) is 19.1 Å². The van der Waals surface area contributed by atoms with Gasteiger partial charge >= 0.3 is 5.88 Å². The highest BCUT2D eigenvalue weighted by Gasteiger charge is 2.32. The molecule has 1 aromatic rings. The van der Waals surface area contributed by atoms with Gasteiger partial charge in [0.15, 0.2) is 10.9 Å². The zero-order chi connectivity index (χ0) is 16.8. The van der Waals surface area contributed by atoms with Gasteiger partial charge in [0.2, 0.25) is 11.8 Å². The van der Waals surface area contributed by atoms with Crippen LogP contribution < -0.4 is 10.6 Å². The number of rotatable bonds is 6. The summed E-state index contributed by atoms with van der Waals surface area (Å²) in [6.45, 7) is 2.29. The maximum atomic E-state index is 11.7. The van der Waals surface area contributed by atoms with Gasteiger partial charge in [-0.1, -0.05) is 11.8 Å². The first-order valence-electron chi connectivity index (χ1n) is 6.59. The average Bonchev–Trinajstić information content (AvgIpc) is 3.07. The van der Waals surface area contributed by atoms with Gasteiger partial charge in [0.25, 0.3) is 0 Å². The van der Waals surface area contributed by atoms with E-state index in [-0.39, 0.29) is 29.2 Å². The summed E-state index contributed by atoms with van der Waals surface area (Å²) in [7, 11) is 0. The number of hydrogen-bond acceptors (Lipinski definition) is 8. The molecule has 0 unspecified atom stereocenters. The van der Waals surface area contributed by atoms with Crippen LogP contribution in [0.15, 0.2) is 26.8 Å². The molecule has 23 heavy (non-hydrogen) atoms. The van der Waals surface area contributed by atoms with Gasteiger partial charge < -0.3 is 15.1 Å². The van der Waals surface area contributed by atoms with Crippen LogP contribution >= 0.6 is 11.8 Å². The number of furan rings is 1. The number of amides is 2. The molecule has 0 spiro atoms. The normalized spacial score (nSPS) is 19.3. The van der Waals surface area contributed by atoms with E-state index >= 15 is 0 Å². The molecule has 1 saturated heterocycles. The molecular formula is C12H13N5O5S. The quantitative estimate of drug-likeness (QED) is 0.443. The molecule has 11 heteroatoms. The highest BCUT2D eigenvalue weighted by molar-refractivity contribution is 8.15. The second-order valence-corrected chi connectivity index (χ2v) is 5.53. The van der Waals surface area contributed by atoms with Crippen LogP contribution in [0.25, 0.3) is 0 Å². The Bertz CT molecular complexity index is 683. The summed E-state index contributed by atoms with van der Waals surface area (Å²) in [5.74, 6) is -0.768. The standard InChI is InChI=1S/C12H13N5O5S/c1-2-13-9(18)5-8-11(19)15-12(23-8)16-14-6-7-3-4-10(22-7)17(20)21/h3-4,6,8H,2,5H2,1H3,(H,13,18)(H,15,16,19)/b14-6-/t8-/m0/s1. The van der Waals surface area contributed by atoms with Gasteiger partial charge in [0.05, 0.1) is 12.3 Å². The predicted octanol–water partition coefficient (Wildman–Crippen LogP) is 0.635. The van der Waals surface area contributed by atoms with E-state index in [0.717, 1.165) is 11.8 Å². The summed E-state index contributed by atoms with van der Waals surface area (Å²) in [4.78, 5) is 33.0. The van der Waals surface area contributed by atoms with E-state index in [1.165, 1.54) is 18.3 Å². The molecule has 0 aromatic carbocycles. The molecule has 0 saturated carbocycles. The highest BCUT2D eigenvalue weighted by Crippen LogP contribution is 2.22. The minimum Gasteiger partial charge on any atom is -0.400 e. The first kappa shape index (κ1) is 16.7. The van der Waals surface area contributed by atoms with Gasteiger partial charge in [0, 0.05) is 13.0 Å². The number of nitrogens with zero attached hydrogens (tertiary/aromatic N) is 3. The minimum absolute atomic E-state index is 0.0530. The zero-order valence-electron chi connectivity index (χ0n) is 12.0. The smallest absolute Gasteiger partial charge is 0.400 e. The Balaban J connectivity index is 1.93. The lowest BCUT2D eigenvalue weighted by Gasteiger charge is -2.04. The van der Waals surface area contributed by atoms with Crippen molar-refractivity contribution in [1.82, 2.24) is 10.6 Å². The third-order valence-corrected chi connectivity index (χ3v) is 3.72. The van der Waals surface area contributed by atoms with Crippen molar-refractivity contribution in [1.29, 1.82) is 0 Å². The van der Waals surface area contributed by atoms with Crippen molar-refractivity contribution in [2.45, 2.75) is 18.6 Å². The summed E-state index contributed by atoms with van der Waals surface area (Å²) in [5, 5.41) is 22.7. The van der Waals surface area contributed by atoms with Crippen molar-refractivity contribution in [3.8, 4) is 0 Å². The average molecular weight is 339 g/mol. The minimum atomic E-state index is -0.664. The van der Waals surface area contributed by atoms with Gasteiger partial charge in [-0.2, -0.15) is 5.10 Å². The lowest BCUT2D eigenvalue weighted by molar-refractivity contribution is -0.402. The van der Waals surface area contributed by atoms with E-state index in [1.54, 1.807) is 6.92 Å². The molecule has 122 valence electrons. The molecule has 2 heterocycles. The van der Waals surface area contributed by atoms with Crippen molar-refractivity contribution >= 4 is 40.8 Å². The van der Waals surface area contributed by atoms with Crippen molar-refractivity contribution in [3.05, 3.63) is 28.0 Å². The first-order valence-corrected chi connectivity index (χ1v) is 7.47. The number of thioether (sulfide) groups is 1. The lowest BCUT2D eigenvalue weighted by atomic mass is 10.3. The molecule has 0 bridgehead atoms. The van der Waals surface area contributed by atoms with Gasteiger partial charge in [-0.15, -0.1) is 5.10 Å². The summed E-state index contributed by atoms with van der Waals surface area (Å²) in [6, 6.07) is 2.57. The van der Waals surface area contributed by atoms with Gasteiger partial charge in [0.1, 0.15) is 10.2 Å². The molecule has 2 N–H and O–H groups in total. The van der Waals surface area contributed by atoms with Crippen LogP contribution in [0.2, 0.25) is 0 Å². The van der Waals surface area contributed by atoms with Crippen LogP contribution in [0, 0.1) is 10.1 Å². The number of amidine groups is 1. The van der Waals surface area contributed by atoms with E-state index in [9.17, 15) is 19.7 Å². The molecule has 0 radical (unpaired) electrons. The molecule has 0 aliphatic carbocycles. The van der Waals surface area contributed by atoms with E-state index in [1.807, 2.05) is 0 Å². The Hall–Kier alpha value is -2.69. The predicted molar refractivity (Wildman–Crippen MR) is 83.2 cm³/mol. The lowest BCUT2D eigenvalue weighted by Crippen LogP contribution is -2.31. The fourth-order valence-electron chi connectivity index (χ4n) is 1.67. The van der Waals surface area contributed by atoms with Gasteiger partial charge in [-0.3, -0.25) is 19.7 Å². The number of carbonyl (C=O) groups excluding carboxylic acids is 2. The molecule has 10 nitrogen and oxygen atoms in total. The summed E-state index contributed by atoms with van der Waals surface area (Å²) in [6.07, 6.45) is 1.24.